The summed E-state index contributed by atoms with van der Waals surface area (Å²) < 4.78 is 16.4. The molecule has 1 N–H and O–H groups in total. The number of aryl methyl sites for hydroxylation is 1. The van der Waals surface area contributed by atoms with Crippen LogP contribution in [-0.2, 0) is 6.54 Å². The average molecular weight is 364 g/mol. The molecule has 0 heterocycles. The lowest BCUT2D eigenvalue weighted by atomic mass is 10.0. The topological polar surface area (TPSA) is 39.7 Å². The monoisotopic (exact) mass is 363 g/mol. The van der Waals surface area contributed by atoms with Crippen LogP contribution in [0.1, 0.15) is 36.6 Å². The van der Waals surface area contributed by atoms with Gasteiger partial charge in [0.25, 0.3) is 0 Å². The van der Waals surface area contributed by atoms with Crippen LogP contribution >= 0.6 is 11.6 Å². The third kappa shape index (κ3) is 4.80. The SMILES string of the molecule is CCOc1cc(CNC(C)c2cc(C)ccc2OC)cc(Cl)c1OC. The van der Waals surface area contributed by atoms with Crippen molar-refractivity contribution >= 4 is 11.6 Å². The van der Waals surface area contributed by atoms with Crippen molar-refractivity contribution in [3.05, 3.63) is 52.0 Å². The summed E-state index contributed by atoms with van der Waals surface area (Å²) in [6.45, 7) is 7.34. The summed E-state index contributed by atoms with van der Waals surface area (Å²) in [5.74, 6) is 2.11. The van der Waals surface area contributed by atoms with Crippen molar-refractivity contribution in [3.63, 3.8) is 0 Å². The molecule has 0 spiro atoms. The predicted octanol–water partition coefficient (Wildman–Crippen LogP) is 4.92. The molecule has 136 valence electrons. The molecule has 1 unspecified atom stereocenters. The molecule has 0 amide bonds. The molecule has 0 saturated carbocycles. The first-order chi connectivity index (χ1) is 12.0. The Morgan fingerprint density at radius 2 is 1.84 bits per heavy atom. The molecule has 0 aliphatic rings. The van der Waals surface area contributed by atoms with Crippen molar-refractivity contribution in [1.29, 1.82) is 0 Å². The lowest BCUT2D eigenvalue weighted by Crippen LogP contribution is -2.19. The van der Waals surface area contributed by atoms with E-state index in [9.17, 15) is 0 Å². The largest absolute Gasteiger partial charge is 0.496 e. The summed E-state index contributed by atoms with van der Waals surface area (Å²) in [6.07, 6.45) is 0. The Morgan fingerprint density at radius 3 is 2.48 bits per heavy atom. The van der Waals surface area contributed by atoms with Gasteiger partial charge in [-0.3, -0.25) is 0 Å². The van der Waals surface area contributed by atoms with Crippen molar-refractivity contribution < 1.29 is 14.2 Å². The minimum absolute atomic E-state index is 0.131. The number of methoxy groups -OCH3 is 2. The van der Waals surface area contributed by atoms with E-state index in [1.807, 2.05) is 31.2 Å². The van der Waals surface area contributed by atoms with Gasteiger partial charge >= 0.3 is 0 Å². The van der Waals surface area contributed by atoms with Gasteiger partial charge in [-0.15, -0.1) is 0 Å². The maximum absolute atomic E-state index is 6.32. The fourth-order valence-corrected chi connectivity index (χ4v) is 3.07. The maximum atomic E-state index is 6.32. The Bertz CT molecular complexity index is 718. The normalized spacial score (nSPS) is 11.9. The van der Waals surface area contributed by atoms with E-state index < -0.39 is 0 Å². The Hall–Kier alpha value is -1.91. The predicted molar refractivity (Wildman–Crippen MR) is 102 cm³/mol. The molecule has 0 aliphatic carbocycles. The third-order valence-electron chi connectivity index (χ3n) is 4.04. The first kappa shape index (κ1) is 19.4. The van der Waals surface area contributed by atoms with E-state index >= 15 is 0 Å². The van der Waals surface area contributed by atoms with Crippen LogP contribution in [0.3, 0.4) is 0 Å². The average Bonchev–Trinajstić information content (AvgIpc) is 2.59. The van der Waals surface area contributed by atoms with Crippen molar-refractivity contribution in [1.82, 2.24) is 5.32 Å². The first-order valence-corrected chi connectivity index (χ1v) is 8.75. The summed E-state index contributed by atoms with van der Waals surface area (Å²) in [5.41, 5.74) is 3.37. The van der Waals surface area contributed by atoms with Gasteiger partial charge in [-0.05, 0) is 44.5 Å². The molecule has 0 bridgehead atoms. The fraction of sp³-hybridized carbons (Fsp3) is 0.400. The highest BCUT2D eigenvalue weighted by atomic mass is 35.5. The van der Waals surface area contributed by atoms with E-state index in [4.69, 9.17) is 25.8 Å². The van der Waals surface area contributed by atoms with Crippen molar-refractivity contribution in [2.45, 2.75) is 33.4 Å². The number of benzene rings is 2. The molecule has 2 aromatic carbocycles. The first-order valence-electron chi connectivity index (χ1n) is 8.37. The summed E-state index contributed by atoms with van der Waals surface area (Å²) in [6, 6.07) is 10.2. The summed E-state index contributed by atoms with van der Waals surface area (Å²) in [7, 11) is 3.28. The van der Waals surface area contributed by atoms with Crippen LogP contribution in [0.5, 0.6) is 17.2 Å². The molecule has 0 saturated heterocycles. The zero-order valence-electron chi connectivity index (χ0n) is 15.5. The van der Waals surface area contributed by atoms with Crippen LogP contribution in [-0.4, -0.2) is 20.8 Å². The van der Waals surface area contributed by atoms with E-state index in [0.717, 1.165) is 16.9 Å². The smallest absolute Gasteiger partial charge is 0.179 e. The zero-order chi connectivity index (χ0) is 18.4. The molecule has 5 heteroatoms. The van der Waals surface area contributed by atoms with E-state index in [1.165, 1.54) is 5.56 Å². The standard InChI is InChI=1S/C20H26ClNO3/c1-6-25-19-11-15(10-17(21)20(19)24-5)12-22-14(3)16-9-13(2)7-8-18(16)23-4/h7-11,14,22H,6,12H2,1-5H3. The second-order valence-corrected chi connectivity index (χ2v) is 6.30. The van der Waals surface area contributed by atoms with Crippen molar-refractivity contribution in [2.75, 3.05) is 20.8 Å². The Labute approximate surface area is 155 Å². The Kier molecular flexibility index (Phi) is 6.97. The van der Waals surface area contributed by atoms with Crippen LogP contribution in [0.2, 0.25) is 5.02 Å². The van der Waals surface area contributed by atoms with E-state index in [2.05, 4.69) is 25.2 Å². The van der Waals surface area contributed by atoms with Crippen LogP contribution < -0.4 is 19.5 Å². The molecule has 2 aromatic rings. The number of nitrogens with one attached hydrogen (secondary N) is 1. The van der Waals surface area contributed by atoms with Gasteiger partial charge in [-0.1, -0.05) is 29.3 Å². The molecule has 0 aromatic heterocycles. The number of halogens is 1. The number of hydrogen-bond acceptors (Lipinski definition) is 4. The molecule has 0 radical (unpaired) electrons. The number of ether oxygens (including phenoxy) is 3. The lowest BCUT2D eigenvalue weighted by Gasteiger charge is -2.19. The van der Waals surface area contributed by atoms with Crippen molar-refractivity contribution in [3.8, 4) is 17.2 Å². The quantitative estimate of drug-likeness (QED) is 0.723. The van der Waals surface area contributed by atoms with Crippen LogP contribution in [0.25, 0.3) is 0 Å². The second kappa shape index (κ2) is 8.97. The van der Waals surface area contributed by atoms with Crippen LogP contribution in [0, 0.1) is 6.92 Å². The van der Waals surface area contributed by atoms with Crippen molar-refractivity contribution in [2.24, 2.45) is 0 Å². The fourth-order valence-electron chi connectivity index (χ4n) is 2.76. The van der Waals surface area contributed by atoms with Gasteiger partial charge in [0.15, 0.2) is 11.5 Å². The summed E-state index contributed by atoms with van der Waals surface area (Å²) in [5, 5.41) is 4.06. The van der Waals surface area contributed by atoms with Gasteiger partial charge < -0.3 is 19.5 Å². The van der Waals surface area contributed by atoms with Gasteiger partial charge in [0.1, 0.15) is 5.75 Å². The zero-order valence-corrected chi connectivity index (χ0v) is 16.2. The third-order valence-corrected chi connectivity index (χ3v) is 4.32. The molecular formula is C20H26ClNO3. The highest BCUT2D eigenvalue weighted by Gasteiger charge is 2.14. The highest BCUT2D eigenvalue weighted by Crippen LogP contribution is 2.36. The van der Waals surface area contributed by atoms with Crippen LogP contribution in [0.15, 0.2) is 30.3 Å². The lowest BCUT2D eigenvalue weighted by molar-refractivity contribution is 0.310. The molecule has 25 heavy (non-hydrogen) atoms. The van der Waals surface area contributed by atoms with E-state index in [0.29, 0.717) is 29.7 Å². The molecule has 0 aliphatic heterocycles. The summed E-state index contributed by atoms with van der Waals surface area (Å²) in [4.78, 5) is 0. The minimum Gasteiger partial charge on any atom is -0.496 e. The number of rotatable bonds is 8. The Balaban J connectivity index is 2.17. The van der Waals surface area contributed by atoms with E-state index in [-0.39, 0.29) is 6.04 Å². The van der Waals surface area contributed by atoms with Gasteiger partial charge in [-0.25, -0.2) is 0 Å². The van der Waals surface area contributed by atoms with E-state index in [1.54, 1.807) is 14.2 Å². The molecule has 0 fully saturated rings. The van der Waals surface area contributed by atoms with Gasteiger partial charge in [0.05, 0.1) is 25.8 Å². The molecule has 1 atom stereocenters. The number of hydrogen-bond donors (Lipinski definition) is 1. The second-order valence-electron chi connectivity index (χ2n) is 5.89. The van der Waals surface area contributed by atoms with Gasteiger partial charge in [0.2, 0.25) is 0 Å². The Morgan fingerprint density at radius 1 is 1.08 bits per heavy atom. The molecular weight excluding hydrogens is 338 g/mol. The van der Waals surface area contributed by atoms with Gasteiger partial charge in [0, 0.05) is 18.2 Å². The minimum atomic E-state index is 0.131. The molecule has 2 rings (SSSR count). The van der Waals surface area contributed by atoms with Crippen LogP contribution in [0.4, 0.5) is 0 Å². The summed E-state index contributed by atoms with van der Waals surface area (Å²) >= 11 is 6.32. The maximum Gasteiger partial charge on any atom is 0.179 e. The molecule has 4 nitrogen and oxygen atoms in total. The highest BCUT2D eigenvalue weighted by molar-refractivity contribution is 6.32. The van der Waals surface area contributed by atoms with Gasteiger partial charge in [-0.2, -0.15) is 0 Å².